The Bertz CT molecular complexity index is 1110. The Morgan fingerprint density at radius 2 is 1.62 bits per heavy atom. The van der Waals surface area contributed by atoms with Crippen molar-refractivity contribution in [3.63, 3.8) is 0 Å². The van der Waals surface area contributed by atoms with Gasteiger partial charge in [-0.15, -0.1) is 0 Å². The van der Waals surface area contributed by atoms with Gasteiger partial charge in [0, 0.05) is 37.0 Å². The first-order valence-electron chi connectivity index (χ1n) is 12.2. The van der Waals surface area contributed by atoms with Crippen molar-refractivity contribution in [1.82, 2.24) is 25.9 Å². The summed E-state index contributed by atoms with van der Waals surface area (Å²) in [6.45, 7) is 0.193. The monoisotopic (exact) mass is 561 g/mol. The van der Waals surface area contributed by atoms with Crippen molar-refractivity contribution in [3.05, 3.63) is 54.1 Å². The fraction of sp³-hybridized carbons (Fsp3) is 0.417. The van der Waals surface area contributed by atoms with E-state index < -0.39 is 47.9 Å². The number of imidazole rings is 1. The van der Waals surface area contributed by atoms with Crippen LogP contribution in [0.25, 0.3) is 0 Å². The number of thiol groups is 1. The fourth-order valence-corrected chi connectivity index (χ4v) is 3.82. The number of amides is 3. The Morgan fingerprint density at radius 3 is 2.21 bits per heavy atom. The van der Waals surface area contributed by atoms with Gasteiger partial charge in [-0.25, -0.2) is 9.78 Å². The maximum Gasteiger partial charge on any atom is 0.326 e. The van der Waals surface area contributed by atoms with Crippen molar-refractivity contribution < 1.29 is 24.3 Å². The Balaban J connectivity index is 2.08. The van der Waals surface area contributed by atoms with E-state index in [2.05, 4.69) is 43.5 Å². The van der Waals surface area contributed by atoms with Crippen LogP contribution in [0.15, 0.2) is 47.8 Å². The molecule has 39 heavy (non-hydrogen) atoms. The normalized spacial score (nSPS) is 13.8. The molecule has 14 nitrogen and oxygen atoms in total. The molecule has 0 aliphatic heterocycles. The summed E-state index contributed by atoms with van der Waals surface area (Å²) in [6, 6.07) is 4.54. The number of rotatable bonds is 16. The lowest BCUT2D eigenvalue weighted by Gasteiger charge is -2.24. The highest BCUT2D eigenvalue weighted by Gasteiger charge is 2.30. The second-order valence-electron chi connectivity index (χ2n) is 8.73. The van der Waals surface area contributed by atoms with Gasteiger partial charge in [-0.1, -0.05) is 30.3 Å². The number of carbonyl (C=O) groups is 4. The number of nitrogens with one attached hydrogen (secondary N) is 4. The molecule has 2 rings (SSSR count). The van der Waals surface area contributed by atoms with Crippen LogP contribution in [0.1, 0.15) is 24.1 Å². The number of aliphatic carboxylic acids is 1. The minimum atomic E-state index is -1.25. The van der Waals surface area contributed by atoms with Crippen LogP contribution in [0.5, 0.6) is 0 Å². The molecular formula is C24H35N9O5S. The Labute approximate surface area is 231 Å². The predicted octanol–water partition coefficient (Wildman–Crippen LogP) is -1.96. The molecule has 0 radical (unpaired) electrons. The van der Waals surface area contributed by atoms with E-state index in [0.29, 0.717) is 12.1 Å². The number of hydrogen-bond donors (Lipinski definition) is 9. The van der Waals surface area contributed by atoms with E-state index in [-0.39, 0.29) is 37.5 Å². The summed E-state index contributed by atoms with van der Waals surface area (Å²) in [5.74, 6) is -3.47. The van der Waals surface area contributed by atoms with Crippen molar-refractivity contribution in [2.75, 3.05) is 12.3 Å². The highest BCUT2D eigenvalue weighted by molar-refractivity contribution is 7.80. The second-order valence-corrected chi connectivity index (χ2v) is 9.10. The number of aromatic amines is 1. The van der Waals surface area contributed by atoms with Gasteiger partial charge in [-0.05, 0) is 18.4 Å². The number of benzene rings is 1. The second kappa shape index (κ2) is 16.0. The van der Waals surface area contributed by atoms with E-state index >= 15 is 0 Å². The van der Waals surface area contributed by atoms with Crippen LogP contribution in [0.3, 0.4) is 0 Å². The molecule has 0 bridgehead atoms. The number of carbonyl (C=O) groups excluding carboxylic acids is 3. The first kappa shape index (κ1) is 31.1. The summed E-state index contributed by atoms with van der Waals surface area (Å²) in [5.41, 5.74) is 18.0. The van der Waals surface area contributed by atoms with E-state index in [9.17, 15) is 24.3 Å². The minimum Gasteiger partial charge on any atom is -0.480 e. The van der Waals surface area contributed by atoms with Gasteiger partial charge in [-0.3, -0.25) is 19.4 Å². The van der Waals surface area contributed by atoms with Crippen molar-refractivity contribution in [1.29, 1.82) is 0 Å². The van der Waals surface area contributed by atoms with Crippen LogP contribution >= 0.6 is 12.6 Å². The number of hydrogen-bond acceptors (Lipinski definition) is 8. The zero-order valence-electron chi connectivity index (χ0n) is 21.2. The largest absolute Gasteiger partial charge is 0.480 e. The minimum absolute atomic E-state index is 0.0615. The van der Waals surface area contributed by atoms with Crippen molar-refractivity contribution in [2.24, 2.45) is 22.2 Å². The summed E-state index contributed by atoms with van der Waals surface area (Å²) >= 11 is 4.15. The maximum atomic E-state index is 13.2. The maximum absolute atomic E-state index is 13.2. The van der Waals surface area contributed by atoms with E-state index in [4.69, 9.17) is 17.2 Å². The highest BCUT2D eigenvalue weighted by atomic mass is 32.1. The number of nitrogens with zero attached hydrogens (tertiary/aromatic N) is 2. The van der Waals surface area contributed by atoms with E-state index in [1.165, 1.54) is 6.33 Å². The standard InChI is InChI=1S/C24H35N9O5S/c25-16(10-15-11-28-13-30-15)20(34)32-18(9-14-5-2-1-3-6-14)21(35)33-19(12-39)22(36)31-17(23(37)38)7-4-8-29-24(26)27/h1-3,5-6,11,13,16-19,39H,4,7-10,12,25H2,(H,28,30)(H,31,36)(H,32,34)(H,33,35)(H,37,38)(H4,26,27,29). The smallest absolute Gasteiger partial charge is 0.326 e. The predicted molar refractivity (Wildman–Crippen MR) is 148 cm³/mol. The molecule has 15 heteroatoms. The number of carboxylic acids is 1. The molecule has 0 saturated carbocycles. The van der Waals surface area contributed by atoms with E-state index in [1.54, 1.807) is 30.5 Å². The first-order chi connectivity index (χ1) is 18.6. The molecule has 1 aromatic heterocycles. The molecule has 0 spiro atoms. The van der Waals surface area contributed by atoms with E-state index in [0.717, 1.165) is 5.56 Å². The van der Waals surface area contributed by atoms with Gasteiger partial charge in [-0.2, -0.15) is 12.6 Å². The number of guanidine groups is 1. The van der Waals surface area contributed by atoms with Gasteiger partial charge in [0.1, 0.15) is 18.1 Å². The molecule has 1 heterocycles. The SMILES string of the molecule is NC(N)=NCCCC(NC(=O)C(CS)NC(=O)C(Cc1ccccc1)NC(=O)C(N)Cc1cnc[nH]1)C(=O)O. The van der Waals surface area contributed by atoms with Crippen molar-refractivity contribution >= 4 is 42.3 Å². The van der Waals surface area contributed by atoms with Gasteiger partial charge in [0.05, 0.1) is 12.4 Å². The van der Waals surface area contributed by atoms with Crippen LogP contribution in [0, 0.1) is 0 Å². The molecule has 4 unspecified atom stereocenters. The number of nitrogens with two attached hydrogens (primary N) is 3. The summed E-state index contributed by atoms with van der Waals surface area (Å²) < 4.78 is 0. The van der Waals surface area contributed by atoms with Crippen LogP contribution in [0.2, 0.25) is 0 Å². The average molecular weight is 562 g/mol. The van der Waals surface area contributed by atoms with Gasteiger partial charge in [0.25, 0.3) is 0 Å². The Morgan fingerprint density at radius 1 is 0.974 bits per heavy atom. The number of carboxylic acid groups (broad SMARTS) is 1. The summed E-state index contributed by atoms with van der Waals surface area (Å²) in [4.78, 5) is 61.1. The summed E-state index contributed by atoms with van der Waals surface area (Å²) in [7, 11) is 0. The lowest BCUT2D eigenvalue weighted by molar-refractivity contribution is -0.142. The summed E-state index contributed by atoms with van der Waals surface area (Å²) in [5, 5.41) is 17.1. The van der Waals surface area contributed by atoms with Gasteiger partial charge < -0.3 is 43.2 Å². The quantitative estimate of drug-likeness (QED) is 0.0477. The zero-order chi connectivity index (χ0) is 28.8. The molecule has 3 amide bonds. The third-order valence-electron chi connectivity index (χ3n) is 5.62. The molecule has 212 valence electrons. The van der Waals surface area contributed by atoms with Gasteiger partial charge in [0.15, 0.2) is 5.96 Å². The molecule has 0 saturated heterocycles. The third kappa shape index (κ3) is 11.0. The fourth-order valence-electron chi connectivity index (χ4n) is 3.56. The van der Waals surface area contributed by atoms with Crippen LogP contribution < -0.4 is 33.2 Å². The van der Waals surface area contributed by atoms with Crippen molar-refractivity contribution in [3.8, 4) is 0 Å². The lowest BCUT2D eigenvalue weighted by atomic mass is 10.0. The summed E-state index contributed by atoms with van der Waals surface area (Å²) in [6.07, 6.45) is 3.67. The van der Waals surface area contributed by atoms with E-state index in [1.807, 2.05) is 6.07 Å². The molecule has 0 aliphatic carbocycles. The van der Waals surface area contributed by atoms with Gasteiger partial charge in [0.2, 0.25) is 17.7 Å². The molecule has 1 aromatic carbocycles. The molecule has 11 N–H and O–H groups in total. The van der Waals surface area contributed by atoms with Crippen LogP contribution in [0.4, 0.5) is 0 Å². The third-order valence-corrected chi connectivity index (χ3v) is 5.99. The topological polar surface area (TPSA) is 244 Å². The zero-order valence-corrected chi connectivity index (χ0v) is 22.1. The average Bonchev–Trinajstić information content (AvgIpc) is 3.41. The Hall–Kier alpha value is -4.11. The van der Waals surface area contributed by atoms with Crippen molar-refractivity contribution in [2.45, 2.75) is 49.9 Å². The van der Waals surface area contributed by atoms with Gasteiger partial charge >= 0.3 is 5.97 Å². The molecular weight excluding hydrogens is 526 g/mol. The van der Waals surface area contributed by atoms with Crippen LogP contribution in [-0.4, -0.2) is 81.2 Å². The lowest BCUT2D eigenvalue weighted by Crippen LogP contribution is -2.58. The molecule has 0 fully saturated rings. The molecule has 0 aliphatic rings. The first-order valence-corrected chi connectivity index (χ1v) is 12.8. The number of aliphatic imine (C=N–C) groups is 1. The molecule has 2 aromatic rings. The Kier molecular flexibility index (Phi) is 12.8. The highest BCUT2D eigenvalue weighted by Crippen LogP contribution is 2.06. The number of H-pyrrole nitrogens is 1. The molecule has 4 atom stereocenters. The number of aromatic nitrogens is 2. The van der Waals surface area contributed by atoms with Crippen LogP contribution in [-0.2, 0) is 32.0 Å².